The van der Waals surface area contributed by atoms with E-state index >= 15 is 0 Å². The zero-order valence-corrected chi connectivity index (χ0v) is 16.4. The minimum atomic E-state index is -0.536. The smallest absolute Gasteiger partial charge is 0.259 e. The highest BCUT2D eigenvalue weighted by atomic mass is 16.3. The van der Waals surface area contributed by atoms with E-state index in [1.807, 2.05) is 19.1 Å². The van der Waals surface area contributed by atoms with Crippen LogP contribution in [0.15, 0.2) is 59.2 Å². The fourth-order valence-corrected chi connectivity index (χ4v) is 3.79. The number of nitrogens with two attached hydrogens (primary N) is 1. The highest BCUT2D eigenvalue weighted by molar-refractivity contribution is 6.06. The summed E-state index contributed by atoms with van der Waals surface area (Å²) in [5.41, 5.74) is 10.1. The number of benzene rings is 2. The Kier molecular flexibility index (Phi) is 4.84. The second-order valence-corrected chi connectivity index (χ2v) is 7.42. The monoisotopic (exact) mass is 389 g/mol. The molecule has 6 nitrogen and oxygen atoms in total. The van der Waals surface area contributed by atoms with Crippen molar-refractivity contribution in [3.8, 4) is 0 Å². The molecule has 1 aromatic heterocycles. The molecule has 0 spiro atoms. The van der Waals surface area contributed by atoms with Crippen LogP contribution in [0.1, 0.15) is 44.5 Å². The molecule has 29 heavy (non-hydrogen) atoms. The number of nitrogens with zero attached hydrogens (tertiary/aromatic N) is 1. The Hall–Kier alpha value is -3.54. The van der Waals surface area contributed by atoms with E-state index in [2.05, 4.69) is 29.3 Å². The van der Waals surface area contributed by atoms with Gasteiger partial charge in [-0.1, -0.05) is 24.3 Å². The maximum absolute atomic E-state index is 12.9. The van der Waals surface area contributed by atoms with Gasteiger partial charge in [-0.15, -0.1) is 0 Å². The molecule has 0 fully saturated rings. The number of nitrogens with one attached hydrogen (secondary N) is 1. The Balaban J connectivity index is 1.56. The summed E-state index contributed by atoms with van der Waals surface area (Å²) in [4.78, 5) is 26.6. The summed E-state index contributed by atoms with van der Waals surface area (Å²) >= 11 is 0. The zero-order chi connectivity index (χ0) is 20.5. The molecule has 1 unspecified atom stereocenters. The van der Waals surface area contributed by atoms with Crippen molar-refractivity contribution in [3.05, 3.63) is 82.8 Å². The molecule has 2 amide bonds. The number of furan rings is 1. The van der Waals surface area contributed by atoms with E-state index in [4.69, 9.17) is 10.2 Å². The minimum absolute atomic E-state index is 0.279. The molecule has 148 valence electrons. The average Bonchev–Trinajstić information content (AvgIpc) is 3.28. The van der Waals surface area contributed by atoms with Crippen LogP contribution in [0.25, 0.3) is 0 Å². The molecule has 0 saturated heterocycles. The standard InChI is InChI=1S/C23H23N3O3/c1-14-7-8-17(22(24)27)12-19(14)25-23(28)18-9-10-29-21(18)13-26-15(2)11-16-5-3-4-6-20(16)26/h3-10,12,15H,11,13H2,1-2H3,(H2,24,27)(H,25,28). The number of hydrogen-bond acceptors (Lipinski definition) is 4. The van der Waals surface area contributed by atoms with E-state index in [0.717, 1.165) is 12.0 Å². The van der Waals surface area contributed by atoms with E-state index in [1.165, 1.54) is 17.5 Å². The normalized spacial score (nSPS) is 15.2. The van der Waals surface area contributed by atoms with Crippen LogP contribution in [0.2, 0.25) is 0 Å². The summed E-state index contributed by atoms with van der Waals surface area (Å²) in [6, 6.07) is 15.3. The SMILES string of the molecule is Cc1ccc(C(N)=O)cc1NC(=O)c1ccoc1CN1c2ccccc2CC1C. The van der Waals surface area contributed by atoms with E-state index in [0.29, 0.717) is 35.2 Å². The largest absolute Gasteiger partial charge is 0.467 e. The Morgan fingerprint density at radius 2 is 2.00 bits per heavy atom. The zero-order valence-electron chi connectivity index (χ0n) is 16.4. The summed E-state index contributed by atoms with van der Waals surface area (Å²) in [6.45, 7) is 4.54. The van der Waals surface area contributed by atoms with Crippen molar-refractivity contribution in [2.24, 2.45) is 5.73 Å². The fraction of sp³-hybridized carbons (Fsp3) is 0.217. The second kappa shape index (κ2) is 7.47. The first-order valence-electron chi connectivity index (χ1n) is 9.56. The van der Waals surface area contributed by atoms with Crippen LogP contribution in [-0.4, -0.2) is 17.9 Å². The lowest BCUT2D eigenvalue weighted by Gasteiger charge is -2.24. The Morgan fingerprint density at radius 1 is 1.21 bits per heavy atom. The van der Waals surface area contributed by atoms with Crippen LogP contribution in [0.4, 0.5) is 11.4 Å². The molecule has 2 aromatic carbocycles. The molecule has 1 aliphatic heterocycles. The molecular weight excluding hydrogens is 366 g/mol. The first-order valence-corrected chi connectivity index (χ1v) is 9.56. The van der Waals surface area contributed by atoms with Crippen LogP contribution >= 0.6 is 0 Å². The van der Waals surface area contributed by atoms with E-state index in [-0.39, 0.29) is 5.91 Å². The predicted molar refractivity (Wildman–Crippen MR) is 112 cm³/mol. The summed E-state index contributed by atoms with van der Waals surface area (Å²) in [5.74, 6) is -0.209. The first-order chi connectivity index (χ1) is 13.9. The number of carbonyl (C=O) groups excluding carboxylic acids is 2. The molecule has 4 rings (SSSR count). The van der Waals surface area contributed by atoms with Crippen LogP contribution in [-0.2, 0) is 13.0 Å². The number of primary amides is 1. The van der Waals surface area contributed by atoms with Crippen LogP contribution in [0, 0.1) is 6.92 Å². The Morgan fingerprint density at radius 3 is 2.79 bits per heavy atom. The first kappa shape index (κ1) is 18.8. The predicted octanol–water partition coefficient (Wildman–Crippen LogP) is 3.89. The highest BCUT2D eigenvalue weighted by Gasteiger charge is 2.28. The molecule has 0 saturated carbocycles. The van der Waals surface area contributed by atoms with Gasteiger partial charge in [0.1, 0.15) is 5.76 Å². The second-order valence-electron chi connectivity index (χ2n) is 7.42. The fourth-order valence-electron chi connectivity index (χ4n) is 3.79. The van der Waals surface area contributed by atoms with Gasteiger partial charge < -0.3 is 20.4 Å². The lowest BCUT2D eigenvalue weighted by atomic mass is 10.1. The number of hydrogen-bond donors (Lipinski definition) is 2. The maximum Gasteiger partial charge on any atom is 0.259 e. The summed E-state index contributed by atoms with van der Waals surface area (Å²) < 4.78 is 5.66. The molecule has 0 radical (unpaired) electrons. The number of anilines is 2. The van der Waals surface area contributed by atoms with Gasteiger partial charge in [-0.3, -0.25) is 9.59 Å². The number of para-hydroxylation sites is 1. The highest BCUT2D eigenvalue weighted by Crippen LogP contribution is 2.33. The maximum atomic E-state index is 12.9. The number of amides is 2. The van der Waals surface area contributed by atoms with E-state index in [1.54, 1.807) is 24.3 Å². The van der Waals surface area contributed by atoms with Crippen molar-refractivity contribution in [1.29, 1.82) is 0 Å². The summed E-state index contributed by atoms with van der Waals surface area (Å²) in [7, 11) is 0. The van der Waals surface area contributed by atoms with Crippen LogP contribution in [0.5, 0.6) is 0 Å². The molecule has 1 atom stereocenters. The third-order valence-corrected chi connectivity index (χ3v) is 5.42. The van der Waals surface area contributed by atoms with Crippen molar-refractivity contribution >= 4 is 23.2 Å². The van der Waals surface area contributed by atoms with Crippen molar-refractivity contribution in [3.63, 3.8) is 0 Å². The van der Waals surface area contributed by atoms with Crippen molar-refractivity contribution in [2.75, 3.05) is 10.2 Å². The van der Waals surface area contributed by atoms with Gasteiger partial charge in [-0.25, -0.2) is 0 Å². The third kappa shape index (κ3) is 3.61. The molecule has 3 N–H and O–H groups in total. The van der Waals surface area contributed by atoms with Gasteiger partial charge in [0.05, 0.1) is 18.4 Å². The summed E-state index contributed by atoms with van der Waals surface area (Å²) in [5, 5.41) is 2.88. The third-order valence-electron chi connectivity index (χ3n) is 5.42. The van der Waals surface area contributed by atoms with E-state index in [9.17, 15) is 9.59 Å². The molecule has 0 bridgehead atoms. The van der Waals surface area contributed by atoms with Gasteiger partial charge in [-0.2, -0.15) is 0 Å². The quantitative estimate of drug-likeness (QED) is 0.693. The topological polar surface area (TPSA) is 88.6 Å². The molecule has 3 aromatic rings. The van der Waals surface area contributed by atoms with Gasteiger partial charge in [0.2, 0.25) is 5.91 Å². The molecule has 0 aliphatic carbocycles. The number of carbonyl (C=O) groups is 2. The van der Waals surface area contributed by atoms with Crippen molar-refractivity contribution < 1.29 is 14.0 Å². The molecular formula is C23H23N3O3. The van der Waals surface area contributed by atoms with Crippen molar-refractivity contribution in [1.82, 2.24) is 0 Å². The Bertz CT molecular complexity index is 1090. The molecule has 2 heterocycles. The molecule has 6 heteroatoms. The minimum Gasteiger partial charge on any atom is -0.467 e. The molecule has 1 aliphatic rings. The lowest BCUT2D eigenvalue weighted by molar-refractivity contribution is 0.0995. The van der Waals surface area contributed by atoms with Gasteiger partial charge in [0, 0.05) is 23.0 Å². The van der Waals surface area contributed by atoms with E-state index < -0.39 is 5.91 Å². The van der Waals surface area contributed by atoms with Gasteiger partial charge in [0.25, 0.3) is 5.91 Å². The van der Waals surface area contributed by atoms with Crippen molar-refractivity contribution in [2.45, 2.75) is 32.9 Å². The summed E-state index contributed by atoms with van der Waals surface area (Å²) in [6.07, 6.45) is 2.50. The average molecular weight is 389 g/mol. The van der Waals surface area contributed by atoms with Gasteiger partial charge in [0.15, 0.2) is 0 Å². The number of aryl methyl sites for hydroxylation is 1. The van der Waals surface area contributed by atoms with Crippen LogP contribution in [0.3, 0.4) is 0 Å². The van der Waals surface area contributed by atoms with Crippen LogP contribution < -0.4 is 16.0 Å². The van der Waals surface area contributed by atoms with Gasteiger partial charge in [-0.05, 0) is 55.7 Å². The Labute approximate surface area is 169 Å². The van der Waals surface area contributed by atoms with Gasteiger partial charge >= 0.3 is 0 Å². The lowest BCUT2D eigenvalue weighted by Crippen LogP contribution is -2.29. The number of fused-ring (bicyclic) bond motifs is 1. The number of rotatable bonds is 5.